The number of carbonyl (C=O) groups is 1. The molecule has 0 N–H and O–H groups in total. The van der Waals surface area contributed by atoms with Crippen molar-refractivity contribution in [2.45, 2.75) is 46.2 Å². The summed E-state index contributed by atoms with van der Waals surface area (Å²) in [7, 11) is 0. The first-order chi connectivity index (χ1) is 10.0. The number of hydrogen-bond acceptors (Lipinski definition) is 5. The van der Waals surface area contributed by atoms with Crippen molar-refractivity contribution in [2.75, 3.05) is 18.1 Å². The summed E-state index contributed by atoms with van der Waals surface area (Å²) in [6.07, 6.45) is 5.29. The molecule has 6 heteroatoms. The molecule has 0 unspecified atom stereocenters. The molecule has 1 fully saturated rings. The average molecular weight is 293 g/mol. The van der Waals surface area contributed by atoms with Crippen LogP contribution in [0.3, 0.4) is 0 Å². The van der Waals surface area contributed by atoms with E-state index < -0.39 is 0 Å². The lowest BCUT2D eigenvalue weighted by atomic mass is 10.2. The molecule has 0 atom stereocenters. The first-order valence-corrected chi connectivity index (χ1v) is 7.50. The number of esters is 1. The first-order valence-electron chi connectivity index (χ1n) is 7.50. The summed E-state index contributed by atoms with van der Waals surface area (Å²) in [5, 5.41) is 0. The van der Waals surface area contributed by atoms with Crippen LogP contribution in [0.25, 0.3) is 0 Å². The van der Waals surface area contributed by atoms with Gasteiger partial charge in [0.25, 0.3) is 5.56 Å². The lowest BCUT2D eigenvalue weighted by Crippen LogP contribution is -2.39. The summed E-state index contributed by atoms with van der Waals surface area (Å²) in [4.78, 5) is 30.3. The van der Waals surface area contributed by atoms with Gasteiger partial charge in [-0.2, -0.15) is 0 Å². The maximum absolute atomic E-state index is 12.5. The Morgan fingerprint density at radius 2 is 2.24 bits per heavy atom. The molecule has 1 aromatic rings. The average Bonchev–Trinajstić information content (AvgIpc) is 3.23. The molecule has 0 radical (unpaired) electrons. The Bertz CT molecular complexity index is 549. The molecule has 1 aliphatic carbocycles. The van der Waals surface area contributed by atoms with Crippen LogP contribution in [0.4, 0.5) is 5.82 Å². The minimum atomic E-state index is -0.315. The van der Waals surface area contributed by atoms with E-state index in [1.165, 1.54) is 0 Å². The van der Waals surface area contributed by atoms with E-state index in [0.717, 1.165) is 12.8 Å². The number of ether oxygens (including phenoxy) is 1. The molecule has 1 aliphatic rings. The standard InChI is InChI=1S/C15H23N3O3/c1-4-21-13(19)10-18(12-5-6-12)14-15(20)17(8-7-16-14)9-11(2)3/h7-8,11-12H,4-6,9-10H2,1-3H3. The van der Waals surface area contributed by atoms with Crippen LogP contribution in [0.1, 0.15) is 33.6 Å². The highest BCUT2D eigenvalue weighted by atomic mass is 16.5. The van der Waals surface area contributed by atoms with Crippen molar-refractivity contribution in [3.8, 4) is 0 Å². The van der Waals surface area contributed by atoms with Gasteiger partial charge in [0, 0.05) is 25.0 Å². The molecular weight excluding hydrogens is 270 g/mol. The summed E-state index contributed by atoms with van der Waals surface area (Å²) in [6, 6.07) is 0.226. The normalized spacial score (nSPS) is 14.3. The van der Waals surface area contributed by atoms with Crippen LogP contribution in [0.15, 0.2) is 17.2 Å². The van der Waals surface area contributed by atoms with Gasteiger partial charge in [0.1, 0.15) is 6.54 Å². The molecule has 0 aromatic carbocycles. The van der Waals surface area contributed by atoms with Gasteiger partial charge in [0.2, 0.25) is 0 Å². The number of hydrogen-bond donors (Lipinski definition) is 0. The lowest BCUT2D eigenvalue weighted by molar-refractivity contribution is -0.141. The van der Waals surface area contributed by atoms with Crippen molar-refractivity contribution in [2.24, 2.45) is 5.92 Å². The van der Waals surface area contributed by atoms with Crippen LogP contribution in [0.2, 0.25) is 0 Å². The van der Waals surface area contributed by atoms with Crippen molar-refractivity contribution in [3.05, 3.63) is 22.7 Å². The highest BCUT2D eigenvalue weighted by Crippen LogP contribution is 2.28. The van der Waals surface area contributed by atoms with Gasteiger partial charge >= 0.3 is 5.97 Å². The van der Waals surface area contributed by atoms with E-state index in [1.807, 2.05) is 0 Å². The van der Waals surface area contributed by atoms with E-state index in [1.54, 1.807) is 28.8 Å². The smallest absolute Gasteiger partial charge is 0.325 e. The summed E-state index contributed by atoms with van der Waals surface area (Å²) in [5.41, 5.74) is -0.137. The van der Waals surface area contributed by atoms with Gasteiger partial charge in [-0.05, 0) is 25.7 Å². The third-order valence-electron chi connectivity index (χ3n) is 3.32. The van der Waals surface area contributed by atoms with Gasteiger partial charge < -0.3 is 14.2 Å². The minimum absolute atomic E-state index is 0.0897. The molecule has 0 bridgehead atoms. The van der Waals surface area contributed by atoms with Crippen molar-refractivity contribution in [1.29, 1.82) is 0 Å². The van der Waals surface area contributed by atoms with Gasteiger partial charge in [-0.25, -0.2) is 4.98 Å². The Morgan fingerprint density at radius 1 is 1.52 bits per heavy atom. The Balaban J connectivity index is 2.24. The summed E-state index contributed by atoms with van der Waals surface area (Å²) >= 11 is 0. The van der Waals surface area contributed by atoms with Crippen LogP contribution >= 0.6 is 0 Å². The topological polar surface area (TPSA) is 64.4 Å². The van der Waals surface area contributed by atoms with Crippen molar-refractivity contribution in [3.63, 3.8) is 0 Å². The van der Waals surface area contributed by atoms with Gasteiger partial charge in [-0.15, -0.1) is 0 Å². The van der Waals surface area contributed by atoms with Gasteiger partial charge in [0.15, 0.2) is 5.82 Å². The SMILES string of the molecule is CCOC(=O)CN(c1nccn(CC(C)C)c1=O)C1CC1. The summed E-state index contributed by atoms with van der Waals surface area (Å²) < 4.78 is 6.65. The molecule has 0 saturated heterocycles. The minimum Gasteiger partial charge on any atom is -0.465 e. The number of aromatic nitrogens is 2. The molecule has 6 nitrogen and oxygen atoms in total. The molecule has 0 amide bonds. The van der Waals surface area contributed by atoms with E-state index in [2.05, 4.69) is 18.8 Å². The van der Waals surface area contributed by atoms with Crippen LogP contribution in [-0.2, 0) is 16.1 Å². The largest absolute Gasteiger partial charge is 0.465 e. The van der Waals surface area contributed by atoms with Crippen molar-refractivity contribution in [1.82, 2.24) is 9.55 Å². The lowest BCUT2D eigenvalue weighted by Gasteiger charge is -2.22. The fourth-order valence-corrected chi connectivity index (χ4v) is 2.28. The monoisotopic (exact) mass is 293 g/mol. The van der Waals surface area contributed by atoms with Gasteiger partial charge in [0.05, 0.1) is 6.61 Å². The number of carbonyl (C=O) groups excluding carboxylic acids is 1. The molecule has 2 rings (SSSR count). The highest BCUT2D eigenvalue weighted by Gasteiger charge is 2.33. The predicted molar refractivity (Wildman–Crippen MR) is 80.3 cm³/mol. The van der Waals surface area contributed by atoms with E-state index >= 15 is 0 Å². The van der Waals surface area contributed by atoms with Crippen LogP contribution < -0.4 is 10.5 Å². The van der Waals surface area contributed by atoms with E-state index in [-0.39, 0.29) is 24.1 Å². The van der Waals surface area contributed by atoms with E-state index in [0.29, 0.717) is 24.9 Å². The zero-order chi connectivity index (χ0) is 15.4. The second-order valence-electron chi connectivity index (χ2n) is 5.77. The molecule has 1 heterocycles. The third kappa shape index (κ3) is 4.06. The van der Waals surface area contributed by atoms with E-state index in [9.17, 15) is 9.59 Å². The van der Waals surface area contributed by atoms with Gasteiger partial charge in [-0.3, -0.25) is 9.59 Å². The first kappa shape index (κ1) is 15.5. The molecule has 116 valence electrons. The molecule has 1 aromatic heterocycles. The molecule has 0 aliphatic heterocycles. The molecule has 0 spiro atoms. The zero-order valence-corrected chi connectivity index (χ0v) is 12.9. The Morgan fingerprint density at radius 3 is 2.81 bits per heavy atom. The predicted octanol–water partition coefficient (Wildman–Crippen LogP) is 1.43. The number of anilines is 1. The van der Waals surface area contributed by atoms with Crippen molar-refractivity contribution < 1.29 is 9.53 Å². The summed E-state index contributed by atoms with van der Waals surface area (Å²) in [6.45, 7) is 6.97. The maximum Gasteiger partial charge on any atom is 0.325 e. The fraction of sp³-hybridized carbons (Fsp3) is 0.667. The second-order valence-corrected chi connectivity index (χ2v) is 5.77. The van der Waals surface area contributed by atoms with Gasteiger partial charge in [-0.1, -0.05) is 13.8 Å². The van der Waals surface area contributed by atoms with Crippen LogP contribution in [0.5, 0.6) is 0 Å². The van der Waals surface area contributed by atoms with Crippen LogP contribution in [0, 0.1) is 5.92 Å². The number of nitrogens with zero attached hydrogens (tertiary/aromatic N) is 3. The Kier molecular flexibility index (Phi) is 4.98. The maximum atomic E-state index is 12.5. The second kappa shape index (κ2) is 6.74. The Labute approximate surface area is 124 Å². The highest BCUT2D eigenvalue weighted by molar-refractivity contribution is 5.75. The fourth-order valence-electron chi connectivity index (χ4n) is 2.28. The Hall–Kier alpha value is -1.85. The quantitative estimate of drug-likeness (QED) is 0.712. The molecule has 21 heavy (non-hydrogen) atoms. The molecule has 1 saturated carbocycles. The van der Waals surface area contributed by atoms with Crippen molar-refractivity contribution >= 4 is 11.8 Å². The zero-order valence-electron chi connectivity index (χ0n) is 12.9. The van der Waals surface area contributed by atoms with E-state index in [4.69, 9.17) is 4.74 Å². The third-order valence-corrected chi connectivity index (χ3v) is 3.32. The number of rotatable bonds is 7. The van der Waals surface area contributed by atoms with Crippen LogP contribution in [-0.4, -0.2) is 34.7 Å². The summed E-state index contributed by atoms with van der Waals surface area (Å²) in [5.74, 6) is 0.413. The molecular formula is C15H23N3O3.